The minimum Gasteiger partial charge on any atom is -0.356 e. The average Bonchev–Trinajstić information content (AvgIpc) is 3.69. The van der Waals surface area contributed by atoms with Crippen LogP contribution in [-0.4, -0.2) is 35.4 Å². The second kappa shape index (κ2) is 13.2. The number of nitrogens with zero attached hydrogens (tertiary/aromatic N) is 3. The maximum atomic E-state index is 13.5. The highest BCUT2D eigenvalue weighted by Gasteiger charge is 2.25. The summed E-state index contributed by atoms with van der Waals surface area (Å²) in [6.45, 7) is 5.17. The smallest absolute Gasteiger partial charge is 0.267 e. The number of benzene rings is 3. The highest BCUT2D eigenvalue weighted by atomic mass is 35.5. The molecule has 244 valence electrons. The van der Waals surface area contributed by atoms with Gasteiger partial charge >= 0.3 is 0 Å². The molecular formula is C40H34ClN5O3. The Morgan fingerprint density at radius 3 is 2.49 bits per heavy atom. The number of anilines is 1. The molecule has 0 saturated heterocycles. The summed E-state index contributed by atoms with van der Waals surface area (Å²) in [6.07, 6.45) is 3.94. The number of aryl methyl sites for hydroxylation is 1. The Morgan fingerprint density at radius 2 is 1.69 bits per heavy atom. The third-order valence-electron chi connectivity index (χ3n) is 9.44. The minimum absolute atomic E-state index is 0.0656. The number of carbonyl (C=O) groups is 3. The second-order valence-corrected chi connectivity index (χ2v) is 13.0. The Balaban J connectivity index is 0.950. The molecule has 1 aromatic heterocycles. The predicted molar refractivity (Wildman–Crippen MR) is 192 cm³/mol. The molecule has 2 aliphatic carbocycles. The highest BCUT2D eigenvalue weighted by Crippen LogP contribution is 2.29. The Kier molecular flexibility index (Phi) is 8.62. The standard InChI is InChI=1S/C40H34ClN5O3/c1-23-10-17-34-31(20-23)30(24(2)46(34)40(49)25-11-13-26(41)14-12-25)21-35(47)44-19-6-4-3-5-18-43-33-16-15-28-36-27(33)8-7-9-29(36)38-37(28)32(22-42)39(48)45-38/h7-17,20H,3-6,18-19,21H2,1-2H3,(H,44,47)(H,45,48). The first-order valence-electron chi connectivity index (χ1n) is 16.5. The molecule has 0 spiro atoms. The van der Waals surface area contributed by atoms with E-state index in [1.807, 2.05) is 62.4 Å². The minimum atomic E-state index is -0.346. The summed E-state index contributed by atoms with van der Waals surface area (Å²) in [5.41, 5.74) is 4.88. The number of fused-ring (bicyclic) bond motifs is 4. The molecule has 4 aromatic rings. The number of nitrogens with one attached hydrogen (secondary N) is 2. The molecule has 49 heavy (non-hydrogen) atoms. The van der Waals surface area contributed by atoms with Gasteiger partial charge in [-0.05, 0) is 79.9 Å². The fourth-order valence-electron chi connectivity index (χ4n) is 7.05. The molecule has 0 atom stereocenters. The molecule has 7 rings (SSSR count). The number of aromatic nitrogens is 1. The summed E-state index contributed by atoms with van der Waals surface area (Å²) >= 11 is 6.04. The molecule has 2 heterocycles. The van der Waals surface area contributed by atoms with Gasteiger partial charge in [0.25, 0.3) is 11.8 Å². The van der Waals surface area contributed by atoms with E-state index in [9.17, 15) is 19.6 Å². The zero-order valence-electron chi connectivity index (χ0n) is 27.3. The van der Waals surface area contributed by atoms with Gasteiger partial charge in [-0.25, -0.2) is 0 Å². The highest BCUT2D eigenvalue weighted by molar-refractivity contribution is 6.31. The monoisotopic (exact) mass is 667 g/mol. The Morgan fingerprint density at radius 1 is 0.918 bits per heavy atom. The van der Waals surface area contributed by atoms with Crippen LogP contribution >= 0.6 is 11.6 Å². The number of hydrogen-bond acceptors (Lipinski definition) is 5. The van der Waals surface area contributed by atoms with Gasteiger partial charge in [0.1, 0.15) is 11.6 Å². The first-order chi connectivity index (χ1) is 23.8. The second-order valence-electron chi connectivity index (χ2n) is 12.6. The zero-order valence-corrected chi connectivity index (χ0v) is 28.1. The molecule has 0 unspecified atom stereocenters. The van der Waals surface area contributed by atoms with Crippen molar-refractivity contribution in [3.8, 4) is 6.07 Å². The molecule has 2 amide bonds. The molecule has 9 heteroatoms. The van der Waals surface area contributed by atoms with E-state index in [0.717, 1.165) is 80.0 Å². The number of nitriles is 1. The van der Waals surface area contributed by atoms with Crippen molar-refractivity contribution in [2.24, 2.45) is 4.99 Å². The van der Waals surface area contributed by atoms with Gasteiger partial charge in [0.05, 0.1) is 23.0 Å². The van der Waals surface area contributed by atoms with Crippen LogP contribution in [0.3, 0.4) is 0 Å². The Hall–Kier alpha value is -5.52. The molecule has 8 nitrogen and oxygen atoms in total. The van der Waals surface area contributed by atoms with E-state index in [1.54, 1.807) is 28.8 Å². The van der Waals surface area contributed by atoms with E-state index in [2.05, 4.69) is 16.7 Å². The van der Waals surface area contributed by atoms with Crippen molar-refractivity contribution < 1.29 is 14.4 Å². The third kappa shape index (κ3) is 5.81. The molecule has 1 aliphatic heterocycles. The van der Waals surface area contributed by atoms with Crippen molar-refractivity contribution in [1.29, 1.82) is 5.26 Å². The van der Waals surface area contributed by atoms with Crippen molar-refractivity contribution >= 4 is 62.3 Å². The van der Waals surface area contributed by atoms with E-state index >= 15 is 0 Å². The van der Waals surface area contributed by atoms with E-state index in [1.165, 1.54) is 0 Å². The molecule has 2 N–H and O–H groups in total. The largest absolute Gasteiger partial charge is 0.356 e. The summed E-state index contributed by atoms with van der Waals surface area (Å²) in [6, 6.07) is 24.8. The Labute approximate surface area is 287 Å². The molecule has 0 fully saturated rings. The maximum absolute atomic E-state index is 13.5. The lowest BCUT2D eigenvalue weighted by molar-refractivity contribution is -0.120. The predicted octanol–water partition coefficient (Wildman–Crippen LogP) is 6.08. The van der Waals surface area contributed by atoms with Gasteiger partial charge in [-0.1, -0.05) is 60.3 Å². The summed E-state index contributed by atoms with van der Waals surface area (Å²) in [5.74, 6) is -0.566. The number of unbranched alkanes of at least 4 members (excludes halogenated alkanes) is 3. The van der Waals surface area contributed by atoms with Crippen molar-refractivity contribution in [3.05, 3.63) is 121 Å². The average molecular weight is 668 g/mol. The number of rotatable bonds is 10. The van der Waals surface area contributed by atoms with Crippen LogP contribution in [0.2, 0.25) is 5.02 Å². The van der Waals surface area contributed by atoms with Crippen LogP contribution in [0, 0.1) is 35.6 Å². The zero-order chi connectivity index (χ0) is 34.2. The fraction of sp³-hybridized carbons (Fsp3) is 0.225. The van der Waals surface area contributed by atoms with Gasteiger partial charge in [0.2, 0.25) is 5.91 Å². The lowest BCUT2D eigenvalue weighted by Crippen LogP contribution is -2.26. The van der Waals surface area contributed by atoms with Crippen LogP contribution in [0.1, 0.15) is 52.9 Å². The van der Waals surface area contributed by atoms with Crippen LogP contribution in [0.15, 0.2) is 77.8 Å². The van der Waals surface area contributed by atoms with Crippen molar-refractivity contribution in [1.82, 2.24) is 9.88 Å². The van der Waals surface area contributed by atoms with Crippen LogP contribution in [-0.2, 0) is 16.0 Å². The van der Waals surface area contributed by atoms with Gasteiger partial charge in [0.15, 0.2) is 0 Å². The fourth-order valence-corrected chi connectivity index (χ4v) is 7.17. The molecule has 0 radical (unpaired) electrons. The third-order valence-corrected chi connectivity index (χ3v) is 9.70. The van der Waals surface area contributed by atoms with Crippen LogP contribution in [0.25, 0.3) is 27.2 Å². The SMILES string of the molecule is Cc1ccc2c(c1)c(CC(=O)NCCCCCCN=c1ccc3c4c(c5cccc1c5=3)NC(=O)C=4C#N)c(C)n2C(=O)c1ccc(Cl)cc1. The first kappa shape index (κ1) is 32.0. The topological polar surface area (TPSA) is 116 Å². The van der Waals surface area contributed by atoms with Crippen LogP contribution < -0.4 is 21.2 Å². The van der Waals surface area contributed by atoms with E-state index in [0.29, 0.717) is 34.6 Å². The number of amides is 2. The van der Waals surface area contributed by atoms with Gasteiger partial charge in [-0.15, -0.1) is 0 Å². The van der Waals surface area contributed by atoms with Crippen molar-refractivity contribution in [2.75, 3.05) is 18.4 Å². The van der Waals surface area contributed by atoms with Crippen molar-refractivity contribution in [3.63, 3.8) is 0 Å². The quantitative estimate of drug-likeness (QED) is 0.172. The molecular weight excluding hydrogens is 634 g/mol. The van der Waals surface area contributed by atoms with Gasteiger partial charge in [-0.3, -0.25) is 23.9 Å². The first-order valence-corrected chi connectivity index (χ1v) is 16.9. The number of carbonyl (C=O) groups excluding carboxylic acids is 3. The Bertz CT molecular complexity index is 2530. The van der Waals surface area contributed by atoms with E-state index < -0.39 is 0 Å². The lowest BCUT2D eigenvalue weighted by Gasteiger charge is -2.08. The summed E-state index contributed by atoms with van der Waals surface area (Å²) < 4.78 is 1.70. The normalized spacial score (nSPS) is 13.0. The number of hydrogen-bond donors (Lipinski definition) is 2. The number of halogens is 1. The summed E-state index contributed by atoms with van der Waals surface area (Å²) in [7, 11) is 0. The van der Waals surface area contributed by atoms with Crippen LogP contribution in [0.4, 0.5) is 5.69 Å². The molecule has 0 bridgehead atoms. The van der Waals surface area contributed by atoms with Gasteiger partial charge in [-0.2, -0.15) is 5.26 Å². The van der Waals surface area contributed by atoms with Gasteiger partial charge < -0.3 is 10.6 Å². The van der Waals surface area contributed by atoms with E-state index in [4.69, 9.17) is 16.6 Å². The maximum Gasteiger partial charge on any atom is 0.267 e. The molecule has 3 aromatic carbocycles. The summed E-state index contributed by atoms with van der Waals surface area (Å²) in [4.78, 5) is 43.7. The molecule has 3 aliphatic rings. The lowest BCUT2D eigenvalue weighted by atomic mass is 10.1. The summed E-state index contributed by atoms with van der Waals surface area (Å²) in [5, 5.41) is 22.5. The molecule has 0 saturated carbocycles. The van der Waals surface area contributed by atoms with E-state index in [-0.39, 0.29) is 29.7 Å². The van der Waals surface area contributed by atoms with Crippen LogP contribution in [0.5, 0.6) is 0 Å². The van der Waals surface area contributed by atoms with Gasteiger partial charge in [0, 0.05) is 56.0 Å². The van der Waals surface area contributed by atoms with Crippen molar-refractivity contribution in [2.45, 2.75) is 46.0 Å².